The fourth-order valence-corrected chi connectivity index (χ4v) is 1.76. The summed E-state index contributed by atoms with van der Waals surface area (Å²) in [6.45, 7) is 2.03. The van der Waals surface area contributed by atoms with E-state index in [1.807, 2.05) is 48.0 Å². The second-order valence-electron chi connectivity index (χ2n) is 2.86. The quantitative estimate of drug-likeness (QED) is 0.745. The number of nitrogens with zero attached hydrogens (tertiary/aromatic N) is 2. The lowest BCUT2D eigenvalue weighted by Gasteiger charge is -2.02. The normalized spacial score (nSPS) is 10.3. The van der Waals surface area contributed by atoms with Crippen molar-refractivity contribution < 1.29 is 0 Å². The Hall–Kier alpha value is -1.09. The van der Waals surface area contributed by atoms with Gasteiger partial charge < -0.3 is 0 Å². The van der Waals surface area contributed by atoms with Crippen molar-refractivity contribution in [2.45, 2.75) is 6.92 Å². The number of hydrogen-bond acceptors (Lipinski definition) is 1. The Morgan fingerprint density at radius 3 is 2.46 bits per heavy atom. The molecule has 0 fully saturated rings. The van der Waals surface area contributed by atoms with Gasteiger partial charge in [0.05, 0.1) is 5.69 Å². The standard InChI is InChI=1S/C10H9BrN2/c1-8-7-10(11)12-13(8)9-5-3-2-4-6-9/h2-7H,1H3. The molecule has 0 atom stereocenters. The monoisotopic (exact) mass is 236 g/mol. The van der Waals surface area contributed by atoms with Gasteiger partial charge in [0.15, 0.2) is 0 Å². The molecule has 0 N–H and O–H groups in total. The van der Waals surface area contributed by atoms with Gasteiger partial charge in [-0.3, -0.25) is 0 Å². The lowest BCUT2D eigenvalue weighted by molar-refractivity contribution is 0.839. The second kappa shape index (κ2) is 3.34. The average Bonchev–Trinajstić information content (AvgIpc) is 2.47. The topological polar surface area (TPSA) is 17.8 Å². The molecule has 2 nitrogen and oxygen atoms in total. The fourth-order valence-electron chi connectivity index (χ4n) is 1.27. The first-order chi connectivity index (χ1) is 6.27. The highest BCUT2D eigenvalue weighted by molar-refractivity contribution is 9.10. The maximum Gasteiger partial charge on any atom is 0.128 e. The van der Waals surface area contributed by atoms with Crippen LogP contribution in [-0.2, 0) is 0 Å². The molecule has 13 heavy (non-hydrogen) atoms. The van der Waals surface area contributed by atoms with E-state index in [0.717, 1.165) is 16.0 Å². The fraction of sp³-hybridized carbons (Fsp3) is 0.100. The Labute approximate surface area is 85.3 Å². The Balaban J connectivity index is 2.53. The smallest absolute Gasteiger partial charge is 0.128 e. The summed E-state index contributed by atoms with van der Waals surface area (Å²) < 4.78 is 2.78. The van der Waals surface area contributed by atoms with E-state index in [1.54, 1.807) is 0 Å². The summed E-state index contributed by atoms with van der Waals surface area (Å²) in [6.07, 6.45) is 0. The van der Waals surface area contributed by atoms with Crippen LogP contribution in [0.3, 0.4) is 0 Å². The molecule has 2 rings (SSSR count). The molecule has 0 saturated carbocycles. The van der Waals surface area contributed by atoms with Crippen LogP contribution in [0.2, 0.25) is 0 Å². The first kappa shape index (κ1) is 8.51. The van der Waals surface area contributed by atoms with E-state index >= 15 is 0 Å². The van der Waals surface area contributed by atoms with Crippen molar-refractivity contribution in [3.63, 3.8) is 0 Å². The number of rotatable bonds is 1. The zero-order valence-electron chi connectivity index (χ0n) is 7.24. The molecule has 0 spiro atoms. The minimum Gasteiger partial charge on any atom is -0.237 e. The van der Waals surface area contributed by atoms with Crippen molar-refractivity contribution in [3.8, 4) is 5.69 Å². The van der Waals surface area contributed by atoms with E-state index in [4.69, 9.17) is 0 Å². The van der Waals surface area contributed by atoms with Crippen molar-refractivity contribution >= 4 is 15.9 Å². The maximum atomic E-state index is 4.31. The molecule has 0 aliphatic carbocycles. The third kappa shape index (κ3) is 1.65. The molecular formula is C10H9BrN2. The zero-order chi connectivity index (χ0) is 9.26. The molecule has 2 aromatic rings. The Morgan fingerprint density at radius 1 is 1.23 bits per heavy atom. The maximum absolute atomic E-state index is 4.31. The van der Waals surface area contributed by atoms with E-state index in [2.05, 4.69) is 21.0 Å². The average molecular weight is 237 g/mol. The number of para-hydroxylation sites is 1. The van der Waals surface area contributed by atoms with Crippen LogP contribution < -0.4 is 0 Å². The highest BCUT2D eigenvalue weighted by atomic mass is 79.9. The van der Waals surface area contributed by atoms with Crippen LogP contribution in [0.1, 0.15) is 5.69 Å². The van der Waals surface area contributed by atoms with Gasteiger partial charge in [0.25, 0.3) is 0 Å². The van der Waals surface area contributed by atoms with E-state index in [9.17, 15) is 0 Å². The number of hydrogen-bond donors (Lipinski definition) is 0. The van der Waals surface area contributed by atoms with Crippen LogP contribution in [0, 0.1) is 6.92 Å². The SMILES string of the molecule is Cc1cc(Br)nn1-c1ccccc1. The molecule has 1 heterocycles. The van der Waals surface area contributed by atoms with Gasteiger partial charge in [-0.15, -0.1) is 0 Å². The number of benzene rings is 1. The largest absolute Gasteiger partial charge is 0.237 e. The van der Waals surface area contributed by atoms with Crippen LogP contribution in [0.25, 0.3) is 5.69 Å². The van der Waals surface area contributed by atoms with Crippen molar-refractivity contribution in [2.24, 2.45) is 0 Å². The Bertz CT molecular complexity index is 406. The van der Waals surface area contributed by atoms with Gasteiger partial charge in [-0.25, -0.2) is 4.68 Å². The van der Waals surface area contributed by atoms with Gasteiger partial charge in [-0.05, 0) is 41.1 Å². The van der Waals surface area contributed by atoms with Gasteiger partial charge in [0.1, 0.15) is 4.60 Å². The van der Waals surface area contributed by atoms with Gasteiger partial charge in [0.2, 0.25) is 0 Å². The van der Waals surface area contributed by atoms with E-state index in [0.29, 0.717) is 0 Å². The lowest BCUT2D eigenvalue weighted by Crippen LogP contribution is -1.97. The summed E-state index contributed by atoms with van der Waals surface area (Å²) >= 11 is 3.35. The van der Waals surface area contributed by atoms with E-state index in [1.165, 1.54) is 0 Å². The first-order valence-corrected chi connectivity index (χ1v) is 4.84. The summed E-state index contributed by atoms with van der Waals surface area (Å²) in [5.41, 5.74) is 2.21. The van der Waals surface area contributed by atoms with Gasteiger partial charge >= 0.3 is 0 Å². The molecule has 0 aliphatic rings. The minimum atomic E-state index is 0.869. The number of aryl methyl sites for hydroxylation is 1. The van der Waals surface area contributed by atoms with Crippen LogP contribution >= 0.6 is 15.9 Å². The first-order valence-electron chi connectivity index (χ1n) is 4.05. The highest BCUT2D eigenvalue weighted by Gasteiger charge is 2.02. The Kier molecular flexibility index (Phi) is 2.19. The minimum absolute atomic E-state index is 0.869. The van der Waals surface area contributed by atoms with E-state index < -0.39 is 0 Å². The predicted octanol–water partition coefficient (Wildman–Crippen LogP) is 2.94. The Morgan fingerprint density at radius 2 is 1.92 bits per heavy atom. The predicted molar refractivity (Wildman–Crippen MR) is 56.0 cm³/mol. The number of aromatic nitrogens is 2. The summed E-state index contributed by atoms with van der Waals surface area (Å²) in [7, 11) is 0. The zero-order valence-corrected chi connectivity index (χ0v) is 8.82. The molecule has 0 aliphatic heterocycles. The summed E-state index contributed by atoms with van der Waals surface area (Å²) in [5.74, 6) is 0. The van der Waals surface area contributed by atoms with Crippen molar-refractivity contribution in [3.05, 3.63) is 46.7 Å². The van der Waals surface area contributed by atoms with Crippen LogP contribution in [0.4, 0.5) is 0 Å². The van der Waals surface area contributed by atoms with Gasteiger partial charge in [-0.2, -0.15) is 5.10 Å². The molecule has 0 unspecified atom stereocenters. The summed E-state index contributed by atoms with van der Waals surface area (Å²) in [6, 6.07) is 12.1. The van der Waals surface area contributed by atoms with Crippen LogP contribution in [0.15, 0.2) is 41.0 Å². The van der Waals surface area contributed by atoms with Crippen molar-refractivity contribution in [1.82, 2.24) is 9.78 Å². The van der Waals surface area contributed by atoms with Crippen LogP contribution in [0.5, 0.6) is 0 Å². The molecule has 1 aromatic heterocycles. The summed E-state index contributed by atoms with van der Waals surface area (Å²) in [5, 5.41) is 4.31. The third-order valence-corrected chi connectivity index (χ3v) is 2.25. The molecule has 0 radical (unpaired) electrons. The second-order valence-corrected chi connectivity index (χ2v) is 3.67. The molecule has 0 bridgehead atoms. The lowest BCUT2D eigenvalue weighted by atomic mass is 10.3. The van der Waals surface area contributed by atoms with Crippen molar-refractivity contribution in [2.75, 3.05) is 0 Å². The molecule has 0 saturated heterocycles. The number of halogens is 1. The molecule has 3 heteroatoms. The van der Waals surface area contributed by atoms with Gasteiger partial charge in [-0.1, -0.05) is 18.2 Å². The van der Waals surface area contributed by atoms with Crippen molar-refractivity contribution in [1.29, 1.82) is 0 Å². The van der Waals surface area contributed by atoms with Gasteiger partial charge in [0, 0.05) is 5.69 Å². The summed E-state index contributed by atoms with van der Waals surface area (Å²) in [4.78, 5) is 0. The van der Waals surface area contributed by atoms with E-state index in [-0.39, 0.29) is 0 Å². The molecule has 66 valence electrons. The molecule has 1 aromatic carbocycles. The molecular weight excluding hydrogens is 228 g/mol. The highest BCUT2D eigenvalue weighted by Crippen LogP contribution is 2.14. The van der Waals surface area contributed by atoms with Crippen LogP contribution in [-0.4, -0.2) is 9.78 Å². The third-order valence-electron chi connectivity index (χ3n) is 1.86. The molecule has 0 amide bonds.